The molecule has 0 bridgehead atoms. The maximum absolute atomic E-state index is 12.8. The maximum Gasteiger partial charge on any atom is 0.417 e. The standard InChI is InChI=1S/C9H3Br2F3N2O/c10-4-1-2-5(6(3-4)9(12,13)14)7-15-8(11)16-17-7/h1-3H. The molecule has 0 aliphatic carbocycles. The summed E-state index contributed by atoms with van der Waals surface area (Å²) >= 11 is 5.90. The van der Waals surface area contributed by atoms with Gasteiger partial charge in [-0.25, -0.2) is 0 Å². The zero-order valence-corrected chi connectivity index (χ0v) is 11.1. The minimum atomic E-state index is -4.49. The zero-order valence-electron chi connectivity index (χ0n) is 7.92. The molecule has 0 spiro atoms. The summed E-state index contributed by atoms with van der Waals surface area (Å²) in [5, 5.41) is 3.39. The van der Waals surface area contributed by atoms with E-state index in [0.29, 0.717) is 4.47 Å². The third-order valence-corrected chi connectivity index (χ3v) is 2.73. The van der Waals surface area contributed by atoms with Gasteiger partial charge in [0.15, 0.2) is 0 Å². The van der Waals surface area contributed by atoms with Crippen LogP contribution >= 0.6 is 31.9 Å². The fourth-order valence-electron chi connectivity index (χ4n) is 1.25. The van der Waals surface area contributed by atoms with Crippen LogP contribution in [-0.2, 0) is 6.18 Å². The van der Waals surface area contributed by atoms with Crippen molar-refractivity contribution >= 4 is 31.9 Å². The summed E-state index contributed by atoms with van der Waals surface area (Å²) in [6.07, 6.45) is -4.49. The highest BCUT2D eigenvalue weighted by atomic mass is 79.9. The van der Waals surface area contributed by atoms with Gasteiger partial charge in [0, 0.05) is 4.47 Å². The molecule has 0 aliphatic rings. The van der Waals surface area contributed by atoms with E-state index in [1.54, 1.807) is 0 Å². The number of rotatable bonds is 1. The van der Waals surface area contributed by atoms with E-state index >= 15 is 0 Å². The lowest BCUT2D eigenvalue weighted by molar-refractivity contribution is -0.137. The molecule has 0 unspecified atom stereocenters. The molecule has 0 N–H and O–H groups in total. The van der Waals surface area contributed by atoms with Crippen LogP contribution in [0.15, 0.2) is 31.9 Å². The first-order chi connectivity index (χ1) is 7.88. The summed E-state index contributed by atoms with van der Waals surface area (Å²) in [5.74, 6) is -0.184. The van der Waals surface area contributed by atoms with Gasteiger partial charge in [-0.05, 0) is 39.3 Å². The number of alkyl halides is 3. The van der Waals surface area contributed by atoms with Crippen LogP contribution in [0.1, 0.15) is 5.56 Å². The Balaban J connectivity index is 2.61. The van der Waals surface area contributed by atoms with Crippen molar-refractivity contribution in [2.75, 3.05) is 0 Å². The van der Waals surface area contributed by atoms with Gasteiger partial charge in [-0.3, -0.25) is 0 Å². The van der Waals surface area contributed by atoms with Gasteiger partial charge in [-0.1, -0.05) is 15.9 Å². The van der Waals surface area contributed by atoms with Crippen molar-refractivity contribution < 1.29 is 17.7 Å². The van der Waals surface area contributed by atoms with Crippen LogP contribution in [0.5, 0.6) is 0 Å². The highest BCUT2D eigenvalue weighted by molar-refractivity contribution is 9.10. The summed E-state index contributed by atoms with van der Waals surface area (Å²) in [4.78, 5) is 3.71. The van der Waals surface area contributed by atoms with Crippen LogP contribution in [0.4, 0.5) is 13.2 Å². The van der Waals surface area contributed by atoms with E-state index in [1.807, 2.05) is 0 Å². The van der Waals surface area contributed by atoms with E-state index in [0.717, 1.165) is 6.07 Å². The fraction of sp³-hybridized carbons (Fsp3) is 0.111. The lowest BCUT2D eigenvalue weighted by Gasteiger charge is -2.10. The van der Waals surface area contributed by atoms with Crippen molar-refractivity contribution in [2.24, 2.45) is 0 Å². The molecule has 0 aliphatic heterocycles. The third kappa shape index (κ3) is 2.68. The van der Waals surface area contributed by atoms with Crippen LogP contribution in [-0.4, -0.2) is 10.1 Å². The lowest BCUT2D eigenvalue weighted by Crippen LogP contribution is -2.07. The number of aromatic nitrogens is 2. The second-order valence-corrected chi connectivity index (χ2v) is 4.68. The molecule has 2 rings (SSSR count). The Bertz CT molecular complexity index is 553. The maximum atomic E-state index is 12.8. The van der Waals surface area contributed by atoms with Crippen LogP contribution in [0, 0.1) is 0 Å². The van der Waals surface area contributed by atoms with E-state index in [1.165, 1.54) is 12.1 Å². The molecule has 1 aromatic carbocycles. The Hall–Kier alpha value is -0.890. The van der Waals surface area contributed by atoms with E-state index < -0.39 is 11.7 Å². The largest absolute Gasteiger partial charge is 0.417 e. The molecule has 0 saturated heterocycles. The summed E-state index contributed by atoms with van der Waals surface area (Å²) in [5.41, 5.74) is -0.984. The van der Waals surface area contributed by atoms with E-state index in [2.05, 4.69) is 42.0 Å². The molecule has 3 nitrogen and oxygen atoms in total. The Morgan fingerprint density at radius 2 is 1.88 bits per heavy atom. The number of hydrogen-bond acceptors (Lipinski definition) is 3. The highest BCUT2D eigenvalue weighted by Gasteiger charge is 2.35. The van der Waals surface area contributed by atoms with Crippen molar-refractivity contribution in [3.63, 3.8) is 0 Å². The first-order valence-corrected chi connectivity index (χ1v) is 5.83. The van der Waals surface area contributed by atoms with Gasteiger partial charge in [0.1, 0.15) is 0 Å². The Morgan fingerprint density at radius 1 is 1.18 bits per heavy atom. The predicted octanol–water partition coefficient (Wildman–Crippen LogP) is 4.28. The fourth-order valence-corrected chi connectivity index (χ4v) is 1.85. The Labute approximate surface area is 110 Å². The third-order valence-electron chi connectivity index (χ3n) is 1.92. The molecule has 8 heteroatoms. The Kier molecular flexibility index (Phi) is 3.26. The van der Waals surface area contributed by atoms with Crippen molar-refractivity contribution in [1.29, 1.82) is 0 Å². The average molecular weight is 372 g/mol. The summed E-state index contributed by atoms with van der Waals surface area (Å²) < 4.78 is 43.5. The van der Waals surface area contributed by atoms with Gasteiger partial charge in [0.25, 0.3) is 5.89 Å². The van der Waals surface area contributed by atoms with Crippen LogP contribution in [0.3, 0.4) is 0 Å². The molecule has 90 valence electrons. The van der Waals surface area contributed by atoms with E-state index in [9.17, 15) is 13.2 Å². The van der Waals surface area contributed by atoms with Gasteiger partial charge in [0.2, 0.25) is 4.73 Å². The van der Waals surface area contributed by atoms with Gasteiger partial charge in [0.05, 0.1) is 11.1 Å². The molecule has 0 saturated carbocycles. The monoisotopic (exact) mass is 370 g/mol. The van der Waals surface area contributed by atoms with Gasteiger partial charge in [-0.2, -0.15) is 18.2 Å². The smallest absolute Gasteiger partial charge is 0.333 e. The molecule has 1 aromatic heterocycles. The van der Waals surface area contributed by atoms with Crippen LogP contribution in [0.25, 0.3) is 11.5 Å². The van der Waals surface area contributed by atoms with Gasteiger partial charge < -0.3 is 4.52 Å². The number of hydrogen-bond donors (Lipinski definition) is 0. The zero-order chi connectivity index (χ0) is 12.6. The molecule has 0 atom stereocenters. The number of halogens is 5. The number of benzene rings is 1. The molecule has 0 amide bonds. The van der Waals surface area contributed by atoms with E-state index in [4.69, 9.17) is 4.52 Å². The summed E-state index contributed by atoms with van der Waals surface area (Å²) in [7, 11) is 0. The molecule has 0 radical (unpaired) electrons. The summed E-state index contributed by atoms with van der Waals surface area (Å²) in [6, 6.07) is 3.71. The molecule has 17 heavy (non-hydrogen) atoms. The quantitative estimate of drug-likeness (QED) is 0.751. The van der Waals surface area contributed by atoms with Gasteiger partial charge in [-0.15, -0.1) is 0 Å². The van der Waals surface area contributed by atoms with Crippen molar-refractivity contribution in [3.05, 3.63) is 33.0 Å². The molecule has 1 heterocycles. The molecule has 2 aromatic rings. The first-order valence-electron chi connectivity index (χ1n) is 4.24. The molecule has 0 fully saturated rings. The molecular weight excluding hydrogens is 369 g/mol. The minimum absolute atomic E-state index is 0.101. The van der Waals surface area contributed by atoms with Gasteiger partial charge >= 0.3 is 6.18 Å². The SMILES string of the molecule is FC(F)(F)c1cc(Br)ccc1-c1nc(Br)no1. The van der Waals surface area contributed by atoms with Crippen LogP contribution in [0.2, 0.25) is 0 Å². The molecular formula is C9H3Br2F3N2O. The Morgan fingerprint density at radius 3 is 2.41 bits per heavy atom. The second-order valence-electron chi connectivity index (χ2n) is 3.06. The van der Waals surface area contributed by atoms with E-state index in [-0.39, 0.29) is 16.2 Å². The minimum Gasteiger partial charge on any atom is -0.333 e. The number of nitrogens with zero attached hydrogens (tertiary/aromatic N) is 2. The topological polar surface area (TPSA) is 38.9 Å². The highest BCUT2D eigenvalue weighted by Crippen LogP contribution is 2.38. The van der Waals surface area contributed by atoms with Crippen molar-refractivity contribution in [3.8, 4) is 11.5 Å². The van der Waals surface area contributed by atoms with Crippen LogP contribution < -0.4 is 0 Å². The lowest BCUT2D eigenvalue weighted by atomic mass is 10.1. The van der Waals surface area contributed by atoms with Crippen molar-refractivity contribution in [2.45, 2.75) is 6.18 Å². The average Bonchev–Trinajstić information content (AvgIpc) is 2.63. The second kappa shape index (κ2) is 4.41. The predicted molar refractivity (Wildman–Crippen MR) is 60.1 cm³/mol. The van der Waals surface area contributed by atoms with Crippen molar-refractivity contribution in [1.82, 2.24) is 10.1 Å². The normalized spacial score (nSPS) is 11.8. The summed E-state index contributed by atoms with van der Waals surface area (Å²) in [6.45, 7) is 0. The first kappa shape index (κ1) is 12.6.